The number of aryl methyl sites for hydroxylation is 2. The van der Waals surface area contributed by atoms with Crippen molar-refractivity contribution in [3.05, 3.63) is 59.2 Å². The van der Waals surface area contributed by atoms with Crippen molar-refractivity contribution in [2.24, 2.45) is 0 Å². The number of ether oxygens (including phenoxy) is 1. The maximum absolute atomic E-state index is 13.0. The first-order valence-corrected chi connectivity index (χ1v) is 11.5. The number of amides is 1. The number of hydrogen-bond acceptors (Lipinski definition) is 4. The van der Waals surface area contributed by atoms with Crippen molar-refractivity contribution in [2.45, 2.75) is 46.3 Å². The number of hydrogen-bond donors (Lipinski definition) is 1. The molecule has 0 aromatic heterocycles. The first kappa shape index (κ1) is 21.2. The van der Waals surface area contributed by atoms with E-state index in [2.05, 4.69) is 11.4 Å². The highest BCUT2D eigenvalue weighted by atomic mass is 32.2. The van der Waals surface area contributed by atoms with Crippen LogP contribution < -0.4 is 14.4 Å². The predicted molar refractivity (Wildman–Crippen MR) is 115 cm³/mol. The molecule has 0 radical (unpaired) electrons. The largest absolute Gasteiger partial charge is 0.476 e. The summed E-state index contributed by atoms with van der Waals surface area (Å²) in [5.74, 6) is 0.0358. The third-order valence-corrected chi connectivity index (χ3v) is 7.00. The van der Waals surface area contributed by atoms with E-state index in [1.807, 2.05) is 32.9 Å². The van der Waals surface area contributed by atoms with Crippen LogP contribution in [-0.4, -0.2) is 32.7 Å². The van der Waals surface area contributed by atoms with Gasteiger partial charge in [0.15, 0.2) is 6.10 Å². The highest BCUT2D eigenvalue weighted by Crippen LogP contribution is 2.35. The molecule has 1 heterocycles. The van der Waals surface area contributed by atoms with Crippen molar-refractivity contribution >= 4 is 21.6 Å². The van der Waals surface area contributed by atoms with Gasteiger partial charge in [-0.1, -0.05) is 42.8 Å². The van der Waals surface area contributed by atoms with Crippen LogP contribution in [0.25, 0.3) is 0 Å². The molecule has 3 rings (SSSR count). The highest BCUT2D eigenvalue weighted by molar-refractivity contribution is 7.92. The summed E-state index contributed by atoms with van der Waals surface area (Å²) in [4.78, 5) is 13.0. The summed E-state index contributed by atoms with van der Waals surface area (Å²) in [6.45, 7) is 7.62. The molecule has 0 unspecified atom stereocenters. The van der Waals surface area contributed by atoms with Crippen LogP contribution in [0.5, 0.6) is 5.75 Å². The average molecular weight is 417 g/mol. The molecule has 7 heteroatoms. The molecule has 1 amide bonds. The summed E-state index contributed by atoms with van der Waals surface area (Å²) in [5, 5.41) is 3.05. The van der Waals surface area contributed by atoms with Gasteiger partial charge in [-0.25, -0.2) is 8.42 Å². The minimum atomic E-state index is -3.53. The molecular formula is C22H28N2O4S. The third kappa shape index (κ3) is 4.40. The van der Waals surface area contributed by atoms with Gasteiger partial charge >= 0.3 is 0 Å². The Morgan fingerprint density at radius 1 is 1.21 bits per heavy atom. The monoisotopic (exact) mass is 416 g/mol. The first-order valence-electron chi connectivity index (χ1n) is 9.90. The van der Waals surface area contributed by atoms with Gasteiger partial charge in [-0.15, -0.1) is 0 Å². The van der Waals surface area contributed by atoms with Crippen LogP contribution in [-0.2, 0) is 14.8 Å². The molecule has 1 aliphatic heterocycles. The van der Waals surface area contributed by atoms with Crippen LogP contribution in [0.4, 0.5) is 5.69 Å². The topological polar surface area (TPSA) is 75.7 Å². The molecule has 0 spiro atoms. The molecule has 2 aromatic carbocycles. The van der Waals surface area contributed by atoms with Gasteiger partial charge in [0, 0.05) is 0 Å². The Morgan fingerprint density at radius 2 is 1.93 bits per heavy atom. The smallest absolute Gasteiger partial charge is 0.263 e. The van der Waals surface area contributed by atoms with E-state index in [0.29, 0.717) is 11.4 Å². The zero-order chi connectivity index (χ0) is 21.2. The molecule has 0 saturated carbocycles. The van der Waals surface area contributed by atoms with Crippen molar-refractivity contribution < 1.29 is 17.9 Å². The van der Waals surface area contributed by atoms with E-state index in [9.17, 15) is 13.2 Å². The minimum Gasteiger partial charge on any atom is -0.476 e. The standard InChI is InChI=1S/C22H28N2O4S/c1-5-18(17-12-11-15(3)13-16(17)4)23-22(25)21-14-24(29(26,27)6-2)19-9-7-8-10-20(19)28-21/h7-13,18,21H,5-6,14H2,1-4H3,(H,23,25)/t18-,21+/m0/s1. The lowest BCUT2D eigenvalue weighted by molar-refractivity contribution is -0.128. The van der Waals surface area contributed by atoms with E-state index in [4.69, 9.17) is 4.74 Å². The second-order valence-electron chi connectivity index (χ2n) is 7.34. The van der Waals surface area contributed by atoms with E-state index in [-0.39, 0.29) is 24.2 Å². The number of anilines is 1. The average Bonchev–Trinajstić information content (AvgIpc) is 2.71. The number of nitrogens with zero attached hydrogens (tertiary/aromatic N) is 1. The Balaban J connectivity index is 1.85. The van der Waals surface area contributed by atoms with Crippen LogP contribution in [0.3, 0.4) is 0 Å². The van der Waals surface area contributed by atoms with E-state index >= 15 is 0 Å². The quantitative estimate of drug-likeness (QED) is 0.782. The van der Waals surface area contributed by atoms with E-state index < -0.39 is 16.1 Å². The highest BCUT2D eigenvalue weighted by Gasteiger charge is 2.36. The number of benzene rings is 2. The van der Waals surface area contributed by atoms with Gasteiger partial charge in [-0.3, -0.25) is 9.10 Å². The number of carbonyl (C=O) groups is 1. The molecule has 156 valence electrons. The van der Waals surface area contributed by atoms with Crippen molar-refractivity contribution in [1.82, 2.24) is 5.32 Å². The second-order valence-corrected chi connectivity index (χ2v) is 9.52. The van der Waals surface area contributed by atoms with Crippen LogP contribution in [0, 0.1) is 13.8 Å². The first-order chi connectivity index (χ1) is 13.8. The summed E-state index contributed by atoms with van der Waals surface area (Å²) < 4.78 is 32.4. The van der Waals surface area contributed by atoms with Crippen LogP contribution in [0.15, 0.2) is 42.5 Å². The number of fused-ring (bicyclic) bond motifs is 1. The maximum atomic E-state index is 13.0. The summed E-state index contributed by atoms with van der Waals surface area (Å²) in [6, 6.07) is 12.9. The Morgan fingerprint density at radius 3 is 2.59 bits per heavy atom. The summed E-state index contributed by atoms with van der Waals surface area (Å²) >= 11 is 0. The SMILES string of the molecule is CC[C@H](NC(=O)[C@H]1CN(S(=O)(=O)CC)c2ccccc2O1)c1ccc(C)cc1C. The molecule has 1 aliphatic rings. The molecular weight excluding hydrogens is 388 g/mol. The molecule has 29 heavy (non-hydrogen) atoms. The van der Waals surface area contributed by atoms with E-state index in [1.54, 1.807) is 31.2 Å². The fourth-order valence-corrected chi connectivity index (χ4v) is 4.76. The molecule has 1 N–H and O–H groups in total. The van der Waals surface area contributed by atoms with Crippen molar-refractivity contribution in [2.75, 3.05) is 16.6 Å². The molecule has 2 aromatic rings. The van der Waals surface area contributed by atoms with Crippen LogP contribution in [0.1, 0.15) is 43.0 Å². The van der Waals surface area contributed by atoms with Crippen LogP contribution >= 0.6 is 0 Å². The molecule has 6 nitrogen and oxygen atoms in total. The number of rotatable bonds is 6. The van der Waals surface area contributed by atoms with Gasteiger partial charge in [-0.05, 0) is 50.5 Å². The lowest BCUT2D eigenvalue weighted by atomic mass is 9.97. The molecule has 2 atom stereocenters. The predicted octanol–water partition coefficient (Wildman–Crippen LogP) is 3.49. The second kappa shape index (κ2) is 8.45. The summed E-state index contributed by atoms with van der Waals surface area (Å²) in [6.07, 6.45) is -0.193. The number of para-hydroxylation sites is 2. The Bertz CT molecular complexity index is 1000. The van der Waals surface area contributed by atoms with E-state index in [1.165, 1.54) is 9.87 Å². The third-order valence-electron chi connectivity index (χ3n) is 5.25. The van der Waals surface area contributed by atoms with Crippen molar-refractivity contribution in [3.8, 4) is 5.75 Å². The van der Waals surface area contributed by atoms with Gasteiger partial charge < -0.3 is 10.1 Å². The van der Waals surface area contributed by atoms with Crippen LogP contribution in [0.2, 0.25) is 0 Å². The number of sulfonamides is 1. The number of carbonyl (C=O) groups excluding carboxylic acids is 1. The van der Waals surface area contributed by atoms with Gasteiger partial charge in [0.2, 0.25) is 10.0 Å². The van der Waals surface area contributed by atoms with Crippen molar-refractivity contribution in [3.63, 3.8) is 0 Å². The van der Waals surface area contributed by atoms with Gasteiger partial charge in [0.1, 0.15) is 5.75 Å². The summed E-state index contributed by atoms with van der Waals surface area (Å²) in [5.41, 5.74) is 3.81. The van der Waals surface area contributed by atoms with Crippen molar-refractivity contribution in [1.29, 1.82) is 0 Å². The molecule has 0 aliphatic carbocycles. The normalized spacial score (nSPS) is 17.2. The molecule has 0 fully saturated rings. The minimum absolute atomic E-state index is 0.0394. The lowest BCUT2D eigenvalue weighted by Crippen LogP contribution is -2.51. The summed E-state index contributed by atoms with van der Waals surface area (Å²) in [7, 11) is -3.53. The number of nitrogens with one attached hydrogen (secondary N) is 1. The lowest BCUT2D eigenvalue weighted by Gasteiger charge is -2.35. The Kier molecular flexibility index (Phi) is 6.17. The Hall–Kier alpha value is -2.54. The Labute approximate surface area is 172 Å². The zero-order valence-corrected chi connectivity index (χ0v) is 18.1. The maximum Gasteiger partial charge on any atom is 0.263 e. The zero-order valence-electron chi connectivity index (χ0n) is 17.3. The van der Waals surface area contributed by atoms with Gasteiger partial charge in [0.05, 0.1) is 24.0 Å². The molecule has 0 saturated heterocycles. The van der Waals surface area contributed by atoms with E-state index in [0.717, 1.165) is 17.5 Å². The molecule has 0 bridgehead atoms. The fourth-order valence-electron chi connectivity index (χ4n) is 3.64. The van der Waals surface area contributed by atoms with Gasteiger partial charge in [0.25, 0.3) is 5.91 Å². The van der Waals surface area contributed by atoms with Gasteiger partial charge in [-0.2, -0.15) is 0 Å². The fraction of sp³-hybridized carbons (Fsp3) is 0.409.